The summed E-state index contributed by atoms with van der Waals surface area (Å²) in [6.45, 7) is 4.70. The van der Waals surface area contributed by atoms with E-state index < -0.39 is 0 Å². The summed E-state index contributed by atoms with van der Waals surface area (Å²) in [5, 5.41) is 4.09. The van der Waals surface area contributed by atoms with Crippen LogP contribution in [0.25, 0.3) is 11.4 Å². The van der Waals surface area contributed by atoms with Gasteiger partial charge in [-0.2, -0.15) is 4.98 Å². The molecule has 1 aromatic heterocycles. The van der Waals surface area contributed by atoms with Gasteiger partial charge in [-0.3, -0.25) is 0 Å². The van der Waals surface area contributed by atoms with E-state index in [1.54, 1.807) is 0 Å². The Morgan fingerprint density at radius 3 is 2.53 bits per heavy atom. The SMILES string of the molecule is CCC(CC)(CN)c1nc(-c2ccccc2Br)no1. The Balaban J connectivity index is 2.42. The van der Waals surface area contributed by atoms with Gasteiger partial charge in [0.15, 0.2) is 0 Å². The van der Waals surface area contributed by atoms with Gasteiger partial charge in [0.2, 0.25) is 11.7 Å². The second-order valence-corrected chi connectivity index (χ2v) is 5.45. The molecule has 0 bridgehead atoms. The van der Waals surface area contributed by atoms with Crippen molar-refractivity contribution in [3.8, 4) is 11.4 Å². The van der Waals surface area contributed by atoms with E-state index >= 15 is 0 Å². The predicted octanol–water partition coefficient (Wildman–Crippen LogP) is 3.52. The summed E-state index contributed by atoms with van der Waals surface area (Å²) >= 11 is 3.50. The summed E-state index contributed by atoms with van der Waals surface area (Å²) in [6.07, 6.45) is 1.77. The zero-order valence-corrected chi connectivity index (χ0v) is 12.8. The maximum atomic E-state index is 5.90. The lowest BCUT2D eigenvalue weighted by Gasteiger charge is -2.24. The summed E-state index contributed by atoms with van der Waals surface area (Å²) < 4.78 is 6.40. The van der Waals surface area contributed by atoms with Crippen LogP contribution >= 0.6 is 15.9 Å². The maximum absolute atomic E-state index is 5.90. The largest absolute Gasteiger partial charge is 0.338 e. The van der Waals surface area contributed by atoms with Crippen LogP contribution in [0.1, 0.15) is 32.6 Å². The topological polar surface area (TPSA) is 64.9 Å². The van der Waals surface area contributed by atoms with Crippen LogP contribution < -0.4 is 5.73 Å². The predicted molar refractivity (Wildman–Crippen MR) is 78.7 cm³/mol. The normalized spacial score (nSPS) is 11.8. The number of hydrogen-bond donors (Lipinski definition) is 1. The van der Waals surface area contributed by atoms with Crippen LogP contribution in [0.15, 0.2) is 33.3 Å². The van der Waals surface area contributed by atoms with Crippen molar-refractivity contribution in [2.24, 2.45) is 5.73 Å². The first-order valence-corrected chi connectivity index (χ1v) is 7.25. The van der Waals surface area contributed by atoms with E-state index in [1.165, 1.54) is 0 Å². The van der Waals surface area contributed by atoms with Crippen molar-refractivity contribution in [1.29, 1.82) is 0 Å². The molecule has 2 rings (SSSR count). The molecule has 0 radical (unpaired) electrons. The fraction of sp³-hybridized carbons (Fsp3) is 0.429. The van der Waals surface area contributed by atoms with Gasteiger partial charge in [-0.25, -0.2) is 0 Å². The summed E-state index contributed by atoms with van der Waals surface area (Å²) in [5.74, 6) is 1.23. The van der Waals surface area contributed by atoms with E-state index in [0.717, 1.165) is 22.9 Å². The second kappa shape index (κ2) is 5.84. The number of rotatable bonds is 5. The standard InChI is InChI=1S/C14H18BrN3O/c1-3-14(4-2,9-16)13-17-12(18-19-13)10-7-5-6-8-11(10)15/h5-8H,3-4,9,16H2,1-2H3. The van der Waals surface area contributed by atoms with Gasteiger partial charge in [0.05, 0.1) is 5.41 Å². The molecule has 0 aliphatic rings. The molecular formula is C14H18BrN3O. The van der Waals surface area contributed by atoms with Crippen LogP contribution in [0, 0.1) is 0 Å². The molecule has 0 fully saturated rings. The highest BCUT2D eigenvalue weighted by atomic mass is 79.9. The Bertz CT molecular complexity index is 541. The van der Waals surface area contributed by atoms with E-state index in [2.05, 4.69) is 39.9 Å². The van der Waals surface area contributed by atoms with Crippen molar-refractivity contribution in [3.63, 3.8) is 0 Å². The minimum Gasteiger partial charge on any atom is -0.338 e. The first kappa shape index (κ1) is 14.2. The molecule has 0 spiro atoms. The van der Waals surface area contributed by atoms with Gasteiger partial charge in [0, 0.05) is 16.6 Å². The van der Waals surface area contributed by atoms with Gasteiger partial charge < -0.3 is 10.3 Å². The molecule has 0 aliphatic heterocycles. The minimum absolute atomic E-state index is 0.216. The molecule has 0 saturated heterocycles. The highest BCUT2D eigenvalue weighted by Gasteiger charge is 2.33. The molecule has 1 heterocycles. The molecule has 2 N–H and O–H groups in total. The molecule has 2 aromatic rings. The molecule has 0 amide bonds. The Kier molecular flexibility index (Phi) is 4.37. The quantitative estimate of drug-likeness (QED) is 0.914. The average Bonchev–Trinajstić information content (AvgIpc) is 2.92. The van der Waals surface area contributed by atoms with Crippen LogP contribution in [-0.4, -0.2) is 16.7 Å². The third-order valence-corrected chi connectivity index (χ3v) is 4.43. The Labute approximate surface area is 121 Å². The molecule has 19 heavy (non-hydrogen) atoms. The Morgan fingerprint density at radius 1 is 1.26 bits per heavy atom. The van der Waals surface area contributed by atoms with Crippen LogP contribution in [-0.2, 0) is 5.41 Å². The lowest BCUT2D eigenvalue weighted by molar-refractivity contribution is 0.267. The van der Waals surface area contributed by atoms with Crippen molar-refractivity contribution < 1.29 is 4.52 Å². The lowest BCUT2D eigenvalue weighted by Crippen LogP contribution is -2.34. The highest BCUT2D eigenvalue weighted by molar-refractivity contribution is 9.10. The van der Waals surface area contributed by atoms with Crippen LogP contribution in [0.4, 0.5) is 0 Å². The zero-order valence-electron chi connectivity index (χ0n) is 11.2. The van der Waals surface area contributed by atoms with Gasteiger partial charge in [-0.05, 0) is 25.0 Å². The number of hydrogen-bond acceptors (Lipinski definition) is 4. The van der Waals surface area contributed by atoms with Crippen LogP contribution in [0.3, 0.4) is 0 Å². The van der Waals surface area contributed by atoms with Gasteiger partial charge in [-0.15, -0.1) is 0 Å². The average molecular weight is 324 g/mol. The van der Waals surface area contributed by atoms with Gasteiger partial charge >= 0.3 is 0 Å². The first-order valence-electron chi connectivity index (χ1n) is 6.46. The second-order valence-electron chi connectivity index (χ2n) is 4.59. The van der Waals surface area contributed by atoms with Gasteiger partial charge in [0.1, 0.15) is 0 Å². The molecule has 5 heteroatoms. The smallest absolute Gasteiger partial charge is 0.234 e. The molecular weight excluding hydrogens is 306 g/mol. The fourth-order valence-electron chi connectivity index (χ4n) is 2.12. The molecule has 102 valence electrons. The number of aromatic nitrogens is 2. The van der Waals surface area contributed by atoms with E-state index in [0.29, 0.717) is 18.3 Å². The van der Waals surface area contributed by atoms with Crippen molar-refractivity contribution in [2.45, 2.75) is 32.1 Å². The lowest BCUT2D eigenvalue weighted by atomic mass is 9.82. The van der Waals surface area contributed by atoms with Crippen molar-refractivity contribution in [2.75, 3.05) is 6.54 Å². The van der Waals surface area contributed by atoms with E-state index in [9.17, 15) is 0 Å². The third-order valence-electron chi connectivity index (χ3n) is 3.74. The summed E-state index contributed by atoms with van der Waals surface area (Å²) in [6, 6.07) is 7.82. The van der Waals surface area contributed by atoms with Crippen molar-refractivity contribution >= 4 is 15.9 Å². The van der Waals surface area contributed by atoms with E-state index in [4.69, 9.17) is 10.3 Å². The van der Waals surface area contributed by atoms with Gasteiger partial charge in [-0.1, -0.05) is 47.1 Å². The maximum Gasteiger partial charge on any atom is 0.234 e. The molecule has 1 aromatic carbocycles. The number of nitrogens with two attached hydrogens (primary N) is 1. The van der Waals surface area contributed by atoms with Crippen LogP contribution in [0.5, 0.6) is 0 Å². The molecule has 0 saturated carbocycles. The van der Waals surface area contributed by atoms with Crippen molar-refractivity contribution in [3.05, 3.63) is 34.6 Å². The molecule has 0 atom stereocenters. The summed E-state index contributed by atoms with van der Waals surface area (Å²) in [7, 11) is 0. The third kappa shape index (κ3) is 2.58. The Morgan fingerprint density at radius 2 is 1.95 bits per heavy atom. The number of nitrogens with zero attached hydrogens (tertiary/aromatic N) is 2. The first-order chi connectivity index (χ1) is 9.16. The monoisotopic (exact) mass is 323 g/mol. The zero-order chi connectivity index (χ0) is 13.9. The van der Waals surface area contributed by atoms with Crippen LogP contribution in [0.2, 0.25) is 0 Å². The molecule has 4 nitrogen and oxygen atoms in total. The summed E-state index contributed by atoms with van der Waals surface area (Å²) in [4.78, 5) is 4.54. The van der Waals surface area contributed by atoms with E-state index in [-0.39, 0.29) is 5.41 Å². The van der Waals surface area contributed by atoms with E-state index in [1.807, 2.05) is 24.3 Å². The van der Waals surface area contributed by atoms with Gasteiger partial charge in [0.25, 0.3) is 0 Å². The Hall–Kier alpha value is -1.20. The summed E-state index contributed by atoms with van der Waals surface area (Å²) in [5.41, 5.74) is 6.61. The molecule has 0 aliphatic carbocycles. The minimum atomic E-state index is -0.216. The van der Waals surface area contributed by atoms with Crippen molar-refractivity contribution in [1.82, 2.24) is 10.1 Å². The number of benzene rings is 1. The molecule has 0 unspecified atom stereocenters. The highest BCUT2D eigenvalue weighted by Crippen LogP contribution is 2.32. The number of halogens is 1. The fourth-order valence-corrected chi connectivity index (χ4v) is 2.58.